The topological polar surface area (TPSA) is 87.3 Å². The molecule has 1 atom stereocenters. The van der Waals surface area contributed by atoms with Crippen LogP contribution in [0.3, 0.4) is 0 Å². The Bertz CT molecular complexity index is 421. The van der Waals surface area contributed by atoms with Crippen molar-refractivity contribution in [1.82, 2.24) is 9.97 Å². The van der Waals surface area contributed by atoms with Gasteiger partial charge in [-0.15, -0.1) is 0 Å². The Morgan fingerprint density at radius 3 is 2.33 bits per heavy atom. The van der Waals surface area contributed by atoms with Crippen LogP contribution in [0.2, 0.25) is 15.6 Å². The maximum absolute atomic E-state index is 10.6. The molecule has 0 saturated carbocycles. The molecule has 6 nitrogen and oxygen atoms in total. The molecule has 0 aromatic carbocycles. The van der Waals surface area contributed by atoms with Crippen LogP contribution in [0.5, 0.6) is 5.75 Å². The quantitative estimate of drug-likeness (QED) is 0.667. The van der Waals surface area contributed by atoms with E-state index in [2.05, 4.69) is 9.97 Å². The summed E-state index contributed by atoms with van der Waals surface area (Å²) in [5.74, 6) is 0.0780. The molecule has 0 fully saturated rings. The Kier molecular flexibility index (Phi) is 5.71. The molecule has 1 heterocycles. The van der Waals surface area contributed by atoms with Gasteiger partial charge in [0.15, 0.2) is 16.1 Å². The Labute approximate surface area is 118 Å². The number of ether oxygens (including phenoxy) is 2. The fourth-order valence-corrected chi connectivity index (χ4v) is 1.82. The van der Waals surface area contributed by atoms with Gasteiger partial charge in [-0.3, -0.25) is 0 Å². The maximum Gasteiger partial charge on any atom is 0.404 e. The van der Waals surface area contributed by atoms with Gasteiger partial charge in [-0.2, -0.15) is 0 Å². The SMILES string of the molecule is CCC(COc1c(Cl)nc(Cl)nc1Cl)OC(N)=O. The van der Waals surface area contributed by atoms with Crippen LogP contribution in [0, 0.1) is 0 Å². The summed E-state index contributed by atoms with van der Waals surface area (Å²) >= 11 is 17.1. The number of amides is 1. The molecule has 1 aromatic heterocycles. The molecule has 2 N–H and O–H groups in total. The molecule has 0 aliphatic heterocycles. The highest BCUT2D eigenvalue weighted by Gasteiger charge is 2.16. The first-order valence-corrected chi connectivity index (χ1v) is 6.04. The monoisotopic (exact) mass is 313 g/mol. The Morgan fingerprint density at radius 1 is 1.33 bits per heavy atom. The fraction of sp³-hybridized carbons (Fsp3) is 0.444. The molecule has 1 rings (SSSR count). The van der Waals surface area contributed by atoms with Crippen molar-refractivity contribution in [2.24, 2.45) is 5.73 Å². The number of nitrogens with two attached hydrogens (primary N) is 1. The summed E-state index contributed by atoms with van der Waals surface area (Å²) in [5.41, 5.74) is 4.91. The molecule has 18 heavy (non-hydrogen) atoms. The molecule has 100 valence electrons. The van der Waals surface area contributed by atoms with Crippen LogP contribution >= 0.6 is 34.8 Å². The highest BCUT2D eigenvalue weighted by molar-refractivity contribution is 6.37. The molecule has 0 aliphatic rings. The van der Waals surface area contributed by atoms with Crippen molar-refractivity contribution < 1.29 is 14.3 Å². The molecule has 9 heteroatoms. The predicted molar refractivity (Wildman–Crippen MR) is 67.3 cm³/mol. The molecule has 0 radical (unpaired) electrons. The second-order valence-corrected chi connectivity index (χ2v) is 4.24. The third-order valence-corrected chi connectivity index (χ3v) is 2.59. The second-order valence-electron chi connectivity index (χ2n) is 3.18. The number of halogens is 3. The molecule has 1 aromatic rings. The lowest BCUT2D eigenvalue weighted by Crippen LogP contribution is -2.27. The highest BCUT2D eigenvalue weighted by Crippen LogP contribution is 2.30. The van der Waals surface area contributed by atoms with Crippen molar-refractivity contribution in [3.8, 4) is 5.75 Å². The van der Waals surface area contributed by atoms with Gasteiger partial charge in [-0.25, -0.2) is 14.8 Å². The highest BCUT2D eigenvalue weighted by atomic mass is 35.5. The molecule has 0 spiro atoms. The number of aromatic nitrogens is 2. The van der Waals surface area contributed by atoms with Crippen LogP contribution in [0.15, 0.2) is 0 Å². The zero-order valence-corrected chi connectivity index (χ0v) is 11.6. The molecule has 0 aliphatic carbocycles. The van der Waals surface area contributed by atoms with Gasteiger partial charge in [-0.05, 0) is 18.0 Å². The first kappa shape index (κ1) is 15.1. The lowest BCUT2D eigenvalue weighted by molar-refractivity contribution is 0.0692. The normalized spacial score (nSPS) is 12.0. The third kappa shape index (κ3) is 4.36. The Balaban J connectivity index is 2.70. The largest absolute Gasteiger partial charge is 0.483 e. The van der Waals surface area contributed by atoms with Crippen molar-refractivity contribution >= 4 is 40.9 Å². The van der Waals surface area contributed by atoms with Crippen molar-refractivity contribution in [2.45, 2.75) is 19.4 Å². The Morgan fingerprint density at radius 2 is 1.89 bits per heavy atom. The number of rotatable bonds is 5. The molecule has 1 amide bonds. The van der Waals surface area contributed by atoms with Gasteiger partial charge in [-0.1, -0.05) is 30.1 Å². The molecular weight excluding hydrogens is 304 g/mol. The van der Waals surface area contributed by atoms with Crippen molar-refractivity contribution in [3.05, 3.63) is 15.6 Å². The minimum absolute atomic E-state index is 0.0195. The van der Waals surface area contributed by atoms with Gasteiger partial charge in [0, 0.05) is 0 Å². The predicted octanol–water partition coefficient (Wildman–Crippen LogP) is 2.69. The van der Waals surface area contributed by atoms with E-state index in [-0.39, 0.29) is 27.9 Å². The van der Waals surface area contributed by atoms with Crippen molar-refractivity contribution in [1.29, 1.82) is 0 Å². The van der Waals surface area contributed by atoms with Crippen LogP contribution in [0.25, 0.3) is 0 Å². The van der Waals surface area contributed by atoms with E-state index < -0.39 is 12.2 Å². The molecule has 0 bridgehead atoms. The van der Waals surface area contributed by atoms with E-state index >= 15 is 0 Å². The van der Waals surface area contributed by atoms with E-state index in [1.807, 2.05) is 0 Å². The first-order chi connectivity index (χ1) is 8.43. The van der Waals surface area contributed by atoms with Gasteiger partial charge in [0.1, 0.15) is 12.7 Å². The first-order valence-electron chi connectivity index (χ1n) is 4.91. The van der Waals surface area contributed by atoms with Crippen LogP contribution < -0.4 is 10.5 Å². The van der Waals surface area contributed by atoms with Gasteiger partial charge < -0.3 is 15.2 Å². The minimum Gasteiger partial charge on any atom is -0.483 e. The average molecular weight is 315 g/mol. The lowest BCUT2D eigenvalue weighted by atomic mass is 10.3. The molecular formula is C9H10Cl3N3O3. The van der Waals surface area contributed by atoms with Crippen molar-refractivity contribution in [2.75, 3.05) is 6.61 Å². The summed E-state index contributed by atoms with van der Waals surface area (Å²) in [6, 6.07) is 0. The maximum atomic E-state index is 10.6. The molecule has 0 saturated heterocycles. The third-order valence-electron chi connectivity index (χ3n) is 1.91. The average Bonchev–Trinajstić information content (AvgIpc) is 2.25. The summed E-state index contributed by atoms with van der Waals surface area (Å²) in [4.78, 5) is 18.0. The summed E-state index contributed by atoms with van der Waals surface area (Å²) in [7, 11) is 0. The number of hydrogen-bond donors (Lipinski definition) is 1. The number of primary amides is 1. The van der Waals surface area contributed by atoms with Gasteiger partial charge in [0.05, 0.1) is 0 Å². The van der Waals surface area contributed by atoms with E-state index in [0.717, 1.165) is 0 Å². The zero-order chi connectivity index (χ0) is 13.7. The van der Waals surface area contributed by atoms with Gasteiger partial charge in [0.2, 0.25) is 5.28 Å². The smallest absolute Gasteiger partial charge is 0.404 e. The van der Waals surface area contributed by atoms with Crippen LogP contribution in [-0.2, 0) is 4.74 Å². The van der Waals surface area contributed by atoms with Crippen molar-refractivity contribution in [3.63, 3.8) is 0 Å². The number of carbonyl (C=O) groups excluding carboxylic acids is 1. The summed E-state index contributed by atoms with van der Waals surface area (Å²) in [5, 5.41) is -0.124. The van der Waals surface area contributed by atoms with E-state index in [9.17, 15) is 4.79 Å². The van der Waals surface area contributed by atoms with Gasteiger partial charge >= 0.3 is 6.09 Å². The minimum atomic E-state index is -0.880. The van der Waals surface area contributed by atoms with Gasteiger partial charge in [0.25, 0.3) is 0 Å². The fourth-order valence-electron chi connectivity index (χ4n) is 1.07. The van der Waals surface area contributed by atoms with Crippen LogP contribution in [-0.4, -0.2) is 28.8 Å². The van der Waals surface area contributed by atoms with E-state index in [0.29, 0.717) is 6.42 Å². The summed E-state index contributed by atoms with van der Waals surface area (Å²) in [6.07, 6.45) is -0.868. The summed E-state index contributed by atoms with van der Waals surface area (Å²) in [6.45, 7) is 1.84. The number of hydrogen-bond acceptors (Lipinski definition) is 5. The van der Waals surface area contributed by atoms with Crippen LogP contribution in [0.1, 0.15) is 13.3 Å². The summed E-state index contributed by atoms with van der Waals surface area (Å²) < 4.78 is 10.1. The van der Waals surface area contributed by atoms with Crippen LogP contribution in [0.4, 0.5) is 4.79 Å². The number of carbonyl (C=O) groups is 1. The Hall–Kier alpha value is -0.980. The zero-order valence-electron chi connectivity index (χ0n) is 9.32. The van der Waals surface area contributed by atoms with E-state index in [1.54, 1.807) is 6.92 Å². The lowest BCUT2D eigenvalue weighted by Gasteiger charge is -2.16. The second kappa shape index (κ2) is 6.82. The number of nitrogens with zero attached hydrogens (tertiary/aromatic N) is 2. The van der Waals surface area contributed by atoms with E-state index in [4.69, 9.17) is 50.0 Å². The standard InChI is InChI=1S/C9H10Cl3N3O3/c1-2-4(18-9(13)16)3-17-5-6(10)14-8(12)15-7(5)11/h4H,2-3H2,1H3,(H2,13,16). The van der Waals surface area contributed by atoms with E-state index in [1.165, 1.54) is 0 Å². The molecule has 1 unspecified atom stereocenters.